The molecule has 0 aliphatic heterocycles. The highest BCUT2D eigenvalue weighted by atomic mass is 32.1. The topological polar surface area (TPSA) is 8.17 Å². The number of nitrogens with zero attached hydrogens (tertiary/aromatic N) is 2. The standard InChI is InChI=1S/C65H44N2S/c1-43-25-34-52(41-60(43)58-21-12-23-62-65(58)59-19-7-9-22-61(59)67(62)53-39-40-57-56-18-8-10-24-63(56)68-64(57)42-53)66(50-35-30-46(31-36-50)44-13-3-2-4-14-44)51-37-32-47(33-38-51)45-26-28-49(29-27-45)55-20-11-16-48-15-5-6-17-54(48)55/h2-42H,1H3. The van der Waals surface area contributed by atoms with E-state index in [4.69, 9.17) is 0 Å². The fourth-order valence-corrected chi connectivity index (χ4v) is 11.6. The van der Waals surface area contributed by atoms with Gasteiger partial charge in [-0.2, -0.15) is 0 Å². The lowest BCUT2D eigenvalue weighted by molar-refractivity contribution is 1.19. The molecule has 13 aromatic rings. The third kappa shape index (κ3) is 6.78. The minimum Gasteiger partial charge on any atom is -0.310 e. The summed E-state index contributed by atoms with van der Waals surface area (Å²) < 4.78 is 5.07. The van der Waals surface area contributed by atoms with Gasteiger partial charge in [-0.05, 0) is 134 Å². The highest BCUT2D eigenvalue weighted by Gasteiger charge is 2.20. The second kappa shape index (κ2) is 16.4. The number of hydrogen-bond acceptors (Lipinski definition) is 2. The molecule has 0 bridgehead atoms. The molecular formula is C65H44N2S. The quantitative estimate of drug-likeness (QED) is 0.148. The molecule has 0 saturated carbocycles. The Kier molecular flexibility index (Phi) is 9.62. The summed E-state index contributed by atoms with van der Waals surface area (Å²) in [5.74, 6) is 0. The maximum Gasteiger partial charge on any atom is 0.0547 e. The van der Waals surface area contributed by atoms with Gasteiger partial charge in [0.25, 0.3) is 0 Å². The number of thiophene rings is 1. The lowest BCUT2D eigenvalue weighted by Gasteiger charge is -2.27. The van der Waals surface area contributed by atoms with Crippen LogP contribution in [0.4, 0.5) is 17.1 Å². The third-order valence-corrected chi connectivity index (χ3v) is 14.9. The molecule has 0 N–H and O–H groups in total. The van der Waals surface area contributed by atoms with Crippen molar-refractivity contribution < 1.29 is 0 Å². The van der Waals surface area contributed by atoms with Gasteiger partial charge >= 0.3 is 0 Å². The van der Waals surface area contributed by atoms with Gasteiger partial charge in [0.2, 0.25) is 0 Å². The average molecular weight is 885 g/mol. The van der Waals surface area contributed by atoms with Crippen LogP contribution in [0.15, 0.2) is 249 Å². The predicted octanol–water partition coefficient (Wildman–Crippen LogP) is 18.8. The first kappa shape index (κ1) is 39.8. The Morgan fingerprint density at radius 2 is 0.882 bits per heavy atom. The Labute approximate surface area is 399 Å². The van der Waals surface area contributed by atoms with Crippen molar-refractivity contribution in [1.29, 1.82) is 0 Å². The number of aromatic nitrogens is 1. The molecule has 2 heterocycles. The van der Waals surface area contributed by atoms with E-state index in [0.717, 1.165) is 17.1 Å². The molecule has 0 unspecified atom stereocenters. The van der Waals surface area contributed by atoms with Crippen LogP contribution in [-0.4, -0.2) is 4.57 Å². The van der Waals surface area contributed by atoms with Crippen molar-refractivity contribution in [2.24, 2.45) is 0 Å². The van der Waals surface area contributed by atoms with E-state index < -0.39 is 0 Å². The van der Waals surface area contributed by atoms with Crippen LogP contribution in [0.3, 0.4) is 0 Å². The first-order valence-electron chi connectivity index (χ1n) is 23.3. The van der Waals surface area contributed by atoms with Crippen LogP contribution in [0, 0.1) is 6.92 Å². The summed E-state index contributed by atoms with van der Waals surface area (Å²) >= 11 is 1.87. The van der Waals surface area contributed by atoms with Crippen molar-refractivity contribution in [2.75, 3.05) is 4.90 Å². The maximum absolute atomic E-state index is 2.45. The van der Waals surface area contributed by atoms with Crippen molar-refractivity contribution in [3.63, 3.8) is 0 Å². The zero-order chi connectivity index (χ0) is 45.1. The molecule has 0 aliphatic carbocycles. The highest BCUT2D eigenvalue weighted by Crippen LogP contribution is 2.44. The summed E-state index contributed by atoms with van der Waals surface area (Å²) in [5, 5.41) is 7.66. The Hall–Kier alpha value is -8.50. The number of hydrogen-bond donors (Lipinski definition) is 0. The van der Waals surface area contributed by atoms with E-state index in [2.05, 4.69) is 265 Å². The van der Waals surface area contributed by atoms with E-state index in [1.165, 1.54) is 109 Å². The Morgan fingerprint density at radius 1 is 0.338 bits per heavy atom. The number of fused-ring (bicyclic) bond motifs is 7. The first-order chi connectivity index (χ1) is 33.6. The number of aryl methyl sites for hydroxylation is 1. The fourth-order valence-electron chi connectivity index (χ4n) is 10.4. The van der Waals surface area contributed by atoms with Crippen molar-refractivity contribution in [3.05, 3.63) is 254 Å². The number of rotatable bonds is 8. The minimum absolute atomic E-state index is 1.09. The largest absolute Gasteiger partial charge is 0.310 e. The molecule has 0 saturated heterocycles. The zero-order valence-electron chi connectivity index (χ0n) is 37.5. The van der Waals surface area contributed by atoms with Crippen molar-refractivity contribution in [2.45, 2.75) is 6.92 Å². The van der Waals surface area contributed by atoms with Gasteiger partial charge in [-0.3, -0.25) is 0 Å². The van der Waals surface area contributed by atoms with Gasteiger partial charge in [0, 0.05) is 53.7 Å². The van der Waals surface area contributed by atoms with Crippen molar-refractivity contribution >= 4 is 81.1 Å². The second-order valence-electron chi connectivity index (χ2n) is 17.7. The lowest BCUT2D eigenvalue weighted by atomic mass is 9.95. The van der Waals surface area contributed by atoms with Gasteiger partial charge in [-0.1, -0.05) is 182 Å². The van der Waals surface area contributed by atoms with Crippen molar-refractivity contribution in [1.82, 2.24) is 4.57 Å². The van der Waals surface area contributed by atoms with Gasteiger partial charge in [0.15, 0.2) is 0 Å². The molecule has 2 aromatic heterocycles. The molecule has 0 fully saturated rings. The normalized spacial score (nSPS) is 11.6. The van der Waals surface area contributed by atoms with Crippen molar-refractivity contribution in [3.8, 4) is 50.2 Å². The molecule has 2 nitrogen and oxygen atoms in total. The molecular weight excluding hydrogens is 841 g/mol. The first-order valence-corrected chi connectivity index (χ1v) is 24.1. The Morgan fingerprint density at radius 3 is 1.65 bits per heavy atom. The summed E-state index contributed by atoms with van der Waals surface area (Å²) in [6, 6.07) is 91.2. The summed E-state index contributed by atoms with van der Waals surface area (Å²) in [6.07, 6.45) is 0. The van der Waals surface area contributed by atoms with Crippen LogP contribution in [0.5, 0.6) is 0 Å². The number of benzene rings is 11. The molecule has 11 aromatic carbocycles. The molecule has 0 aliphatic rings. The van der Waals surface area contributed by atoms with Gasteiger partial charge in [0.1, 0.15) is 0 Å². The number of para-hydroxylation sites is 1. The summed E-state index contributed by atoms with van der Waals surface area (Å²) in [7, 11) is 0. The minimum atomic E-state index is 1.09. The molecule has 3 heteroatoms. The monoisotopic (exact) mass is 884 g/mol. The summed E-state index contributed by atoms with van der Waals surface area (Å²) in [4.78, 5) is 2.40. The summed E-state index contributed by atoms with van der Waals surface area (Å²) in [6.45, 7) is 2.24. The predicted molar refractivity (Wildman–Crippen MR) is 292 cm³/mol. The van der Waals surface area contributed by atoms with E-state index >= 15 is 0 Å². The van der Waals surface area contributed by atoms with Crippen LogP contribution < -0.4 is 4.90 Å². The summed E-state index contributed by atoms with van der Waals surface area (Å²) in [5.41, 5.74) is 17.8. The molecule has 0 amide bonds. The third-order valence-electron chi connectivity index (χ3n) is 13.8. The van der Waals surface area contributed by atoms with E-state index in [1.807, 2.05) is 11.3 Å². The zero-order valence-corrected chi connectivity index (χ0v) is 38.3. The van der Waals surface area contributed by atoms with E-state index in [9.17, 15) is 0 Å². The van der Waals surface area contributed by atoms with E-state index in [-0.39, 0.29) is 0 Å². The van der Waals surface area contributed by atoms with Crippen LogP contribution in [0.1, 0.15) is 5.56 Å². The fraction of sp³-hybridized carbons (Fsp3) is 0.0154. The maximum atomic E-state index is 2.45. The lowest BCUT2D eigenvalue weighted by Crippen LogP contribution is -2.10. The molecule has 320 valence electrons. The molecule has 0 atom stereocenters. The SMILES string of the molecule is Cc1ccc(N(c2ccc(-c3ccccc3)cc2)c2ccc(-c3ccc(-c4cccc5ccccc45)cc3)cc2)cc1-c1cccc2c1c1ccccc1n2-c1ccc2c(c1)sc1ccccc12. The van der Waals surface area contributed by atoms with Crippen LogP contribution >= 0.6 is 11.3 Å². The molecule has 68 heavy (non-hydrogen) atoms. The highest BCUT2D eigenvalue weighted by molar-refractivity contribution is 7.25. The molecule has 0 radical (unpaired) electrons. The molecule has 0 spiro atoms. The van der Waals surface area contributed by atoms with Gasteiger partial charge in [-0.25, -0.2) is 0 Å². The van der Waals surface area contributed by atoms with Crippen LogP contribution in [0.25, 0.3) is 103 Å². The van der Waals surface area contributed by atoms with Crippen LogP contribution in [0.2, 0.25) is 0 Å². The van der Waals surface area contributed by atoms with Gasteiger partial charge in [-0.15, -0.1) is 11.3 Å². The Balaban J connectivity index is 0.916. The average Bonchev–Trinajstić information content (AvgIpc) is 3.95. The van der Waals surface area contributed by atoms with E-state index in [1.54, 1.807) is 0 Å². The Bertz CT molecular complexity index is 4000. The van der Waals surface area contributed by atoms with Crippen LogP contribution in [-0.2, 0) is 0 Å². The smallest absolute Gasteiger partial charge is 0.0547 e. The van der Waals surface area contributed by atoms with Gasteiger partial charge in [0.05, 0.1) is 11.0 Å². The number of anilines is 3. The van der Waals surface area contributed by atoms with E-state index in [0.29, 0.717) is 0 Å². The van der Waals surface area contributed by atoms with Gasteiger partial charge < -0.3 is 9.47 Å². The molecule has 13 rings (SSSR count). The second-order valence-corrected chi connectivity index (χ2v) is 18.8.